The van der Waals surface area contributed by atoms with E-state index in [1.807, 2.05) is 0 Å². The quantitative estimate of drug-likeness (QED) is 0.666. The molecule has 0 aliphatic rings. The number of nitrogens with two attached hydrogens (primary N) is 1. The fourth-order valence-corrected chi connectivity index (χ4v) is 0.770. The van der Waals surface area contributed by atoms with Gasteiger partial charge in [-0.1, -0.05) is 0 Å². The zero-order chi connectivity index (χ0) is 8.43. The molecule has 2 N–H and O–H groups in total. The van der Waals surface area contributed by atoms with E-state index in [1.165, 1.54) is 6.07 Å². The second-order valence-electron chi connectivity index (χ2n) is 2.62. The molecule has 0 spiro atoms. The van der Waals surface area contributed by atoms with Gasteiger partial charge in [0.1, 0.15) is 5.82 Å². The van der Waals surface area contributed by atoms with Gasteiger partial charge in [-0.25, -0.2) is 4.39 Å². The normalized spacial score (nSPS) is 13.1. The first-order valence-electron chi connectivity index (χ1n) is 3.49. The highest BCUT2D eigenvalue weighted by Gasteiger charge is 2.03. The molecular weight excluding hydrogens is 143 g/mol. The van der Waals surface area contributed by atoms with Gasteiger partial charge in [0.25, 0.3) is 0 Å². The molecule has 0 radical (unpaired) electrons. The van der Waals surface area contributed by atoms with Crippen LogP contribution in [0, 0.1) is 12.7 Å². The van der Waals surface area contributed by atoms with Crippen molar-refractivity contribution in [1.82, 2.24) is 4.98 Å². The van der Waals surface area contributed by atoms with Crippen molar-refractivity contribution in [3.05, 3.63) is 29.3 Å². The van der Waals surface area contributed by atoms with Crippen molar-refractivity contribution in [3.8, 4) is 0 Å². The van der Waals surface area contributed by atoms with Crippen LogP contribution in [0.2, 0.25) is 0 Å². The summed E-state index contributed by atoms with van der Waals surface area (Å²) < 4.78 is 12.8. The van der Waals surface area contributed by atoms with Crippen molar-refractivity contribution in [2.45, 2.75) is 19.9 Å². The molecule has 0 unspecified atom stereocenters. The van der Waals surface area contributed by atoms with E-state index in [9.17, 15) is 4.39 Å². The van der Waals surface area contributed by atoms with Crippen molar-refractivity contribution in [1.29, 1.82) is 0 Å². The predicted octanol–water partition coefficient (Wildman–Crippen LogP) is 1.55. The Morgan fingerprint density at radius 1 is 1.64 bits per heavy atom. The zero-order valence-corrected chi connectivity index (χ0v) is 6.63. The maximum Gasteiger partial charge on any atom is 0.144 e. The molecule has 0 amide bonds. The second-order valence-corrected chi connectivity index (χ2v) is 2.62. The van der Waals surface area contributed by atoms with Gasteiger partial charge in [0.2, 0.25) is 0 Å². The first-order valence-corrected chi connectivity index (χ1v) is 3.49. The number of hydrogen-bond donors (Lipinski definition) is 1. The molecule has 1 heterocycles. The number of aromatic nitrogens is 1. The van der Waals surface area contributed by atoms with Crippen molar-refractivity contribution in [2.75, 3.05) is 0 Å². The smallest absolute Gasteiger partial charge is 0.144 e. The molecule has 0 aliphatic carbocycles. The number of nitrogens with zero attached hydrogens (tertiary/aromatic N) is 1. The third kappa shape index (κ3) is 1.74. The van der Waals surface area contributed by atoms with Gasteiger partial charge >= 0.3 is 0 Å². The van der Waals surface area contributed by atoms with Crippen LogP contribution >= 0.6 is 0 Å². The van der Waals surface area contributed by atoms with Gasteiger partial charge in [0, 0.05) is 12.2 Å². The fraction of sp³-hybridized carbons (Fsp3) is 0.375. The molecule has 1 rings (SSSR count). The van der Waals surface area contributed by atoms with Crippen LogP contribution in [0.4, 0.5) is 4.39 Å². The minimum Gasteiger partial charge on any atom is -0.324 e. The zero-order valence-electron chi connectivity index (χ0n) is 6.63. The predicted molar refractivity (Wildman–Crippen MR) is 41.5 cm³/mol. The molecule has 1 aromatic heterocycles. The molecule has 0 saturated heterocycles. The summed E-state index contributed by atoms with van der Waals surface area (Å²) in [4.78, 5) is 3.84. The molecule has 2 nitrogen and oxygen atoms in total. The Labute approximate surface area is 65.3 Å². The summed E-state index contributed by atoms with van der Waals surface area (Å²) in [5, 5.41) is 0. The lowest BCUT2D eigenvalue weighted by Gasteiger charge is -2.04. The monoisotopic (exact) mass is 154 g/mol. The van der Waals surface area contributed by atoms with Crippen molar-refractivity contribution in [3.63, 3.8) is 0 Å². The molecule has 11 heavy (non-hydrogen) atoms. The van der Waals surface area contributed by atoms with Crippen molar-refractivity contribution >= 4 is 0 Å². The van der Waals surface area contributed by atoms with E-state index < -0.39 is 0 Å². The van der Waals surface area contributed by atoms with E-state index in [4.69, 9.17) is 5.73 Å². The lowest BCUT2D eigenvalue weighted by molar-refractivity contribution is 0.603. The Balaban J connectivity index is 3.05. The Morgan fingerprint density at radius 3 is 2.73 bits per heavy atom. The van der Waals surface area contributed by atoms with Crippen molar-refractivity contribution < 1.29 is 4.39 Å². The number of aryl methyl sites for hydroxylation is 1. The highest BCUT2D eigenvalue weighted by molar-refractivity contribution is 5.17. The lowest BCUT2D eigenvalue weighted by atomic mass is 10.1. The molecule has 60 valence electrons. The number of pyridine rings is 1. The maximum atomic E-state index is 12.8. The minimum atomic E-state index is -0.292. The van der Waals surface area contributed by atoms with Crippen molar-refractivity contribution in [2.24, 2.45) is 5.73 Å². The average Bonchev–Trinajstić information content (AvgIpc) is 1.94. The van der Waals surface area contributed by atoms with Crippen LogP contribution < -0.4 is 5.73 Å². The fourth-order valence-electron chi connectivity index (χ4n) is 0.770. The van der Waals surface area contributed by atoms with Crippen LogP contribution in [0.15, 0.2) is 12.3 Å². The molecule has 0 bridgehead atoms. The Morgan fingerprint density at radius 2 is 2.27 bits per heavy atom. The lowest BCUT2D eigenvalue weighted by Crippen LogP contribution is -2.06. The third-order valence-corrected chi connectivity index (χ3v) is 1.57. The molecule has 0 saturated carbocycles. The molecule has 3 heteroatoms. The standard InChI is InChI=1S/C8H11FN2/c1-5(10)7-3-8(9)6(2)11-4-7/h3-5H,10H2,1-2H3/t5-/m0/s1. The van der Waals surface area contributed by atoms with E-state index in [1.54, 1.807) is 20.0 Å². The summed E-state index contributed by atoms with van der Waals surface area (Å²) in [5.74, 6) is -0.292. The van der Waals surface area contributed by atoms with Crippen LogP contribution in [0.25, 0.3) is 0 Å². The Bertz CT molecular complexity index is 258. The summed E-state index contributed by atoms with van der Waals surface area (Å²) in [6.45, 7) is 3.42. The summed E-state index contributed by atoms with van der Waals surface area (Å²) in [5.41, 5.74) is 6.67. The van der Waals surface area contributed by atoms with Gasteiger partial charge < -0.3 is 5.73 Å². The highest BCUT2D eigenvalue weighted by atomic mass is 19.1. The van der Waals surface area contributed by atoms with Gasteiger partial charge in [-0.15, -0.1) is 0 Å². The average molecular weight is 154 g/mol. The topological polar surface area (TPSA) is 38.9 Å². The summed E-state index contributed by atoms with van der Waals surface area (Å²) >= 11 is 0. The Kier molecular flexibility index (Phi) is 2.19. The summed E-state index contributed by atoms with van der Waals surface area (Å²) in [6.07, 6.45) is 1.60. The second kappa shape index (κ2) is 2.96. The first-order chi connectivity index (χ1) is 5.11. The molecule has 0 aliphatic heterocycles. The van der Waals surface area contributed by atoms with Gasteiger partial charge in [-0.2, -0.15) is 0 Å². The van der Waals surface area contributed by atoms with E-state index >= 15 is 0 Å². The van der Waals surface area contributed by atoms with E-state index in [0.29, 0.717) is 5.69 Å². The minimum absolute atomic E-state index is 0.155. The van der Waals surface area contributed by atoms with Crippen LogP contribution in [0.1, 0.15) is 24.2 Å². The molecule has 1 aromatic rings. The third-order valence-electron chi connectivity index (χ3n) is 1.57. The number of hydrogen-bond acceptors (Lipinski definition) is 2. The largest absolute Gasteiger partial charge is 0.324 e. The van der Waals surface area contributed by atoms with Crippen LogP contribution in [0.5, 0.6) is 0 Å². The number of rotatable bonds is 1. The SMILES string of the molecule is Cc1ncc([C@H](C)N)cc1F. The first kappa shape index (κ1) is 8.14. The molecule has 0 aromatic carbocycles. The molecule has 1 atom stereocenters. The van der Waals surface area contributed by atoms with Gasteiger partial charge in [0.15, 0.2) is 0 Å². The number of halogens is 1. The summed E-state index contributed by atoms with van der Waals surface area (Å²) in [6, 6.07) is 1.27. The van der Waals surface area contributed by atoms with Crippen LogP contribution in [0.3, 0.4) is 0 Å². The Hall–Kier alpha value is -0.960. The van der Waals surface area contributed by atoms with Crippen LogP contribution in [-0.2, 0) is 0 Å². The van der Waals surface area contributed by atoms with Gasteiger partial charge in [-0.3, -0.25) is 4.98 Å². The highest BCUT2D eigenvalue weighted by Crippen LogP contribution is 2.11. The summed E-state index contributed by atoms with van der Waals surface area (Å²) in [7, 11) is 0. The van der Waals surface area contributed by atoms with E-state index in [0.717, 1.165) is 5.56 Å². The van der Waals surface area contributed by atoms with E-state index in [-0.39, 0.29) is 11.9 Å². The molecular formula is C8H11FN2. The van der Waals surface area contributed by atoms with Gasteiger partial charge in [-0.05, 0) is 25.5 Å². The maximum absolute atomic E-state index is 12.8. The van der Waals surface area contributed by atoms with Gasteiger partial charge in [0.05, 0.1) is 5.69 Å². The van der Waals surface area contributed by atoms with Crippen LogP contribution in [-0.4, -0.2) is 4.98 Å². The van der Waals surface area contributed by atoms with E-state index in [2.05, 4.69) is 4.98 Å². The molecule has 0 fully saturated rings.